The average Bonchev–Trinajstić information content (AvgIpc) is 3.10. The lowest BCUT2D eigenvalue weighted by Crippen LogP contribution is -2.39. The molecule has 1 aliphatic heterocycles. The van der Waals surface area contributed by atoms with E-state index in [0.717, 1.165) is 25.3 Å². The number of likely N-dealkylation sites (tertiary alicyclic amines) is 1. The van der Waals surface area contributed by atoms with Gasteiger partial charge in [0.2, 0.25) is 5.91 Å². The van der Waals surface area contributed by atoms with Crippen molar-refractivity contribution in [2.75, 3.05) is 6.54 Å². The number of nitrogens with zero attached hydrogens (tertiary/aromatic N) is 1. The fourth-order valence-electron chi connectivity index (χ4n) is 4.88. The Bertz CT molecular complexity index is 351. The fraction of sp³-hybridized carbons (Fsp3) is 0.944. The Morgan fingerprint density at radius 1 is 0.952 bits per heavy atom. The average molecular weight is 292 g/mol. The Balaban J connectivity index is 1.51. The zero-order valence-electron chi connectivity index (χ0n) is 13.4. The molecular weight excluding hydrogens is 260 g/mol. The predicted octanol–water partition coefficient (Wildman–Crippen LogP) is 3.47. The first-order valence-corrected chi connectivity index (χ1v) is 9.29. The van der Waals surface area contributed by atoms with E-state index in [1.807, 2.05) is 0 Å². The fourth-order valence-corrected chi connectivity index (χ4v) is 4.88. The maximum atomic E-state index is 12.7. The van der Waals surface area contributed by atoms with E-state index in [9.17, 15) is 4.79 Å². The standard InChI is InChI=1S/C18H32N2O/c19-17-10-4-8-15(17)13-18(21)20-11-5-9-16(20)12-14-6-2-1-3-7-14/h14-17H,1-13,19H2/t15-,16?,17+/m0/s1. The molecular formula is C18H32N2O. The van der Waals surface area contributed by atoms with Gasteiger partial charge in [0.25, 0.3) is 0 Å². The van der Waals surface area contributed by atoms with Crippen LogP contribution in [0.2, 0.25) is 0 Å². The first kappa shape index (κ1) is 15.3. The zero-order chi connectivity index (χ0) is 14.7. The topological polar surface area (TPSA) is 46.3 Å². The van der Waals surface area contributed by atoms with E-state index in [4.69, 9.17) is 5.73 Å². The lowest BCUT2D eigenvalue weighted by Gasteiger charge is -2.31. The lowest BCUT2D eigenvalue weighted by atomic mass is 9.84. The van der Waals surface area contributed by atoms with Gasteiger partial charge in [-0.05, 0) is 43.9 Å². The van der Waals surface area contributed by atoms with Crippen molar-refractivity contribution in [2.45, 2.75) is 89.1 Å². The molecule has 3 aliphatic rings. The first-order valence-electron chi connectivity index (χ1n) is 9.29. The van der Waals surface area contributed by atoms with Gasteiger partial charge in [0.05, 0.1) is 0 Å². The molecule has 0 aromatic heterocycles. The molecule has 0 radical (unpaired) electrons. The summed E-state index contributed by atoms with van der Waals surface area (Å²) in [5.41, 5.74) is 6.14. The highest BCUT2D eigenvalue weighted by atomic mass is 16.2. The summed E-state index contributed by atoms with van der Waals surface area (Å²) in [5.74, 6) is 1.73. The third-order valence-electron chi connectivity index (χ3n) is 6.18. The number of nitrogens with two attached hydrogens (primary N) is 1. The van der Waals surface area contributed by atoms with E-state index in [-0.39, 0.29) is 6.04 Å². The minimum atomic E-state index is 0.272. The van der Waals surface area contributed by atoms with E-state index in [1.165, 1.54) is 57.8 Å². The second kappa shape index (κ2) is 7.13. The SMILES string of the molecule is N[C@@H]1CCC[C@H]1CC(=O)N1CCCC1CC1CCCCC1. The molecule has 3 rings (SSSR count). The Hall–Kier alpha value is -0.570. The summed E-state index contributed by atoms with van der Waals surface area (Å²) in [5, 5.41) is 0. The summed E-state index contributed by atoms with van der Waals surface area (Å²) in [6, 6.07) is 0.812. The highest BCUT2D eigenvalue weighted by Crippen LogP contribution is 2.33. The van der Waals surface area contributed by atoms with Gasteiger partial charge in [-0.25, -0.2) is 0 Å². The number of hydrogen-bond acceptors (Lipinski definition) is 2. The summed E-state index contributed by atoms with van der Waals surface area (Å²) in [7, 11) is 0. The van der Waals surface area contributed by atoms with Gasteiger partial charge in [0, 0.05) is 25.0 Å². The summed E-state index contributed by atoms with van der Waals surface area (Å²) in [4.78, 5) is 14.9. The second-order valence-corrected chi connectivity index (χ2v) is 7.68. The van der Waals surface area contributed by atoms with Crippen molar-refractivity contribution in [1.29, 1.82) is 0 Å². The summed E-state index contributed by atoms with van der Waals surface area (Å²) in [6.07, 6.45) is 14.9. The molecule has 1 heterocycles. The van der Waals surface area contributed by atoms with Gasteiger partial charge in [-0.15, -0.1) is 0 Å². The van der Waals surface area contributed by atoms with Crippen LogP contribution in [0.25, 0.3) is 0 Å². The van der Waals surface area contributed by atoms with Crippen molar-refractivity contribution in [3.8, 4) is 0 Å². The molecule has 21 heavy (non-hydrogen) atoms. The Morgan fingerprint density at radius 3 is 2.48 bits per heavy atom. The quantitative estimate of drug-likeness (QED) is 0.862. The maximum Gasteiger partial charge on any atom is 0.223 e. The number of amides is 1. The number of rotatable bonds is 4. The molecule has 0 bridgehead atoms. The number of carbonyl (C=O) groups excluding carboxylic acids is 1. The third-order valence-corrected chi connectivity index (χ3v) is 6.18. The molecule has 3 fully saturated rings. The van der Waals surface area contributed by atoms with Crippen LogP contribution in [-0.2, 0) is 4.79 Å². The Labute approximate surface area is 129 Å². The highest BCUT2D eigenvalue weighted by molar-refractivity contribution is 5.77. The van der Waals surface area contributed by atoms with Gasteiger partial charge < -0.3 is 10.6 Å². The molecule has 3 atom stereocenters. The van der Waals surface area contributed by atoms with E-state index < -0.39 is 0 Å². The first-order chi connectivity index (χ1) is 10.2. The van der Waals surface area contributed by atoms with E-state index in [0.29, 0.717) is 24.3 Å². The summed E-state index contributed by atoms with van der Waals surface area (Å²) >= 11 is 0. The maximum absolute atomic E-state index is 12.7. The predicted molar refractivity (Wildman–Crippen MR) is 85.9 cm³/mol. The van der Waals surface area contributed by atoms with Crippen LogP contribution in [0.3, 0.4) is 0 Å². The normalized spacial score (nSPS) is 34.5. The monoisotopic (exact) mass is 292 g/mol. The van der Waals surface area contributed by atoms with E-state index in [1.54, 1.807) is 0 Å². The molecule has 3 heteroatoms. The molecule has 2 aliphatic carbocycles. The molecule has 1 saturated heterocycles. The molecule has 3 nitrogen and oxygen atoms in total. The molecule has 1 unspecified atom stereocenters. The van der Waals surface area contributed by atoms with Crippen molar-refractivity contribution >= 4 is 5.91 Å². The van der Waals surface area contributed by atoms with Crippen molar-refractivity contribution < 1.29 is 4.79 Å². The number of hydrogen-bond donors (Lipinski definition) is 1. The van der Waals surface area contributed by atoms with Gasteiger partial charge in [-0.3, -0.25) is 4.79 Å². The smallest absolute Gasteiger partial charge is 0.223 e. The molecule has 0 aromatic rings. The van der Waals surface area contributed by atoms with Crippen LogP contribution >= 0.6 is 0 Å². The van der Waals surface area contributed by atoms with Gasteiger partial charge in [0.1, 0.15) is 0 Å². The van der Waals surface area contributed by atoms with Crippen LogP contribution in [0.4, 0.5) is 0 Å². The van der Waals surface area contributed by atoms with Gasteiger partial charge in [-0.2, -0.15) is 0 Å². The van der Waals surface area contributed by atoms with Crippen LogP contribution in [0.1, 0.15) is 77.0 Å². The van der Waals surface area contributed by atoms with Gasteiger partial charge in [-0.1, -0.05) is 38.5 Å². The molecule has 2 saturated carbocycles. The molecule has 0 spiro atoms. The summed E-state index contributed by atoms with van der Waals surface area (Å²) in [6.45, 7) is 0.998. The van der Waals surface area contributed by atoms with Crippen molar-refractivity contribution in [2.24, 2.45) is 17.6 Å². The Morgan fingerprint density at radius 2 is 1.76 bits per heavy atom. The van der Waals surface area contributed by atoms with Crippen LogP contribution in [0, 0.1) is 11.8 Å². The minimum absolute atomic E-state index is 0.272. The van der Waals surface area contributed by atoms with Crippen molar-refractivity contribution in [3.05, 3.63) is 0 Å². The van der Waals surface area contributed by atoms with Gasteiger partial charge in [0.15, 0.2) is 0 Å². The van der Waals surface area contributed by atoms with Crippen LogP contribution < -0.4 is 5.73 Å². The van der Waals surface area contributed by atoms with Gasteiger partial charge >= 0.3 is 0 Å². The minimum Gasteiger partial charge on any atom is -0.340 e. The van der Waals surface area contributed by atoms with Crippen LogP contribution in [0.15, 0.2) is 0 Å². The van der Waals surface area contributed by atoms with Crippen LogP contribution in [-0.4, -0.2) is 29.4 Å². The molecule has 0 aromatic carbocycles. The molecule has 2 N–H and O–H groups in total. The lowest BCUT2D eigenvalue weighted by molar-refractivity contribution is -0.133. The highest BCUT2D eigenvalue weighted by Gasteiger charge is 2.34. The van der Waals surface area contributed by atoms with E-state index >= 15 is 0 Å². The third kappa shape index (κ3) is 3.80. The number of carbonyl (C=O) groups is 1. The Kier molecular flexibility index (Phi) is 5.20. The second-order valence-electron chi connectivity index (χ2n) is 7.68. The zero-order valence-corrected chi connectivity index (χ0v) is 13.4. The van der Waals surface area contributed by atoms with Crippen molar-refractivity contribution in [3.63, 3.8) is 0 Å². The molecule has 120 valence electrons. The van der Waals surface area contributed by atoms with Crippen LogP contribution in [0.5, 0.6) is 0 Å². The van der Waals surface area contributed by atoms with Crippen molar-refractivity contribution in [1.82, 2.24) is 4.90 Å². The largest absolute Gasteiger partial charge is 0.340 e. The summed E-state index contributed by atoms with van der Waals surface area (Å²) < 4.78 is 0. The van der Waals surface area contributed by atoms with E-state index in [2.05, 4.69) is 4.90 Å². The molecule has 1 amide bonds.